The second-order valence-electron chi connectivity index (χ2n) is 8.02. The van der Waals surface area contributed by atoms with Gasteiger partial charge < -0.3 is 15.1 Å². The van der Waals surface area contributed by atoms with Gasteiger partial charge in [0.05, 0.1) is 29.7 Å². The standard InChI is InChI=1S/C20H23ClFN7O3/c1-26-8-11(18(30)27(2)23)9-29-17(19(26)31)13-10-28(6-5-16(13)25-29)20(32)24-12-3-4-15(22)14(21)7-12/h3-4,7,11H,5-6,8-10,23H2,1-2H3,(H,24,32). The molecular weight excluding hydrogens is 441 g/mol. The summed E-state index contributed by atoms with van der Waals surface area (Å²) in [5.41, 5.74) is 2.13. The van der Waals surface area contributed by atoms with E-state index >= 15 is 0 Å². The van der Waals surface area contributed by atoms with Gasteiger partial charge in [0, 0.05) is 44.9 Å². The number of anilines is 1. The van der Waals surface area contributed by atoms with Crippen LogP contribution in [0.3, 0.4) is 0 Å². The number of aromatic nitrogens is 2. The Balaban J connectivity index is 1.58. The maximum absolute atomic E-state index is 13.4. The fraction of sp³-hybridized carbons (Fsp3) is 0.400. The van der Waals surface area contributed by atoms with Crippen LogP contribution in [0.4, 0.5) is 14.9 Å². The van der Waals surface area contributed by atoms with Gasteiger partial charge in [-0.1, -0.05) is 11.6 Å². The van der Waals surface area contributed by atoms with Crippen LogP contribution < -0.4 is 11.2 Å². The minimum Gasteiger partial charge on any atom is -0.340 e. The van der Waals surface area contributed by atoms with E-state index in [0.29, 0.717) is 29.9 Å². The molecule has 0 saturated heterocycles. The lowest BCUT2D eigenvalue weighted by Gasteiger charge is -2.27. The van der Waals surface area contributed by atoms with Crippen molar-refractivity contribution >= 4 is 35.1 Å². The number of carbonyl (C=O) groups excluding carboxylic acids is 3. The average molecular weight is 464 g/mol. The zero-order chi connectivity index (χ0) is 23.2. The zero-order valence-corrected chi connectivity index (χ0v) is 18.4. The summed E-state index contributed by atoms with van der Waals surface area (Å²) in [6, 6.07) is 3.53. The van der Waals surface area contributed by atoms with Crippen molar-refractivity contribution in [1.29, 1.82) is 0 Å². The lowest BCUT2D eigenvalue weighted by Crippen LogP contribution is -2.43. The monoisotopic (exact) mass is 463 g/mol. The summed E-state index contributed by atoms with van der Waals surface area (Å²) in [6.45, 7) is 1.01. The fourth-order valence-corrected chi connectivity index (χ4v) is 4.23. The summed E-state index contributed by atoms with van der Waals surface area (Å²) in [5, 5.41) is 8.19. The van der Waals surface area contributed by atoms with Gasteiger partial charge in [0.2, 0.25) is 5.91 Å². The van der Waals surface area contributed by atoms with Crippen LogP contribution in [-0.2, 0) is 24.3 Å². The molecule has 0 saturated carbocycles. The summed E-state index contributed by atoms with van der Waals surface area (Å²) in [5.74, 6) is 3.97. The molecule has 1 atom stereocenters. The number of carbonyl (C=O) groups is 3. The lowest BCUT2D eigenvalue weighted by molar-refractivity contribution is -0.135. The first-order valence-corrected chi connectivity index (χ1v) is 10.4. The van der Waals surface area contributed by atoms with Gasteiger partial charge >= 0.3 is 6.03 Å². The molecule has 0 radical (unpaired) electrons. The molecule has 0 spiro atoms. The maximum atomic E-state index is 13.4. The Kier molecular flexibility index (Phi) is 5.78. The van der Waals surface area contributed by atoms with Crippen LogP contribution in [0.1, 0.15) is 21.7 Å². The molecule has 4 rings (SSSR count). The lowest BCUT2D eigenvalue weighted by atomic mass is 10.0. The number of fused-ring (bicyclic) bond motifs is 3. The Bertz CT molecular complexity index is 1100. The van der Waals surface area contributed by atoms with Gasteiger partial charge in [0.25, 0.3) is 5.91 Å². The van der Waals surface area contributed by atoms with Crippen molar-refractivity contribution in [2.45, 2.75) is 19.5 Å². The predicted octanol–water partition coefficient (Wildman–Crippen LogP) is 1.30. The summed E-state index contributed by atoms with van der Waals surface area (Å²) < 4.78 is 14.9. The van der Waals surface area contributed by atoms with Crippen LogP contribution in [0.15, 0.2) is 18.2 Å². The molecular formula is C20H23ClFN7O3. The van der Waals surface area contributed by atoms with Crippen molar-refractivity contribution in [3.8, 4) is 0 Å². The number of hydrazine groups is 1. The second kappa shape index (κ2) is 8.40. The molecule has 3 N–H and O–H groups in total. The third-order valence-corrected chi connectivity index (χ3v) is 5.98. The molecule has 3 heterocycles. The van der Waals surface area contributed by atoms with E-state index in [1.807, 2.05) is 0 Å². The molecule has 12 heteroatoms. The molecule has 1 unspecified atom stereocenters. The summed E-state index contributed by atoms with van der Waals surface area (Å²) in [7, 11) is 3.09. The largest absolute Gasteiger partial charge is 0.340 e. The van der Waals surface area contributed by atoms with Gasteiger partial charge in [-0.15, -0.1) is 0 Å². The van der Waals surface area contributed by atoms with Crippen LogP contribution in [-0.4, -0.2) is 69.6 Å². The number of amides is 4. The molecule has 1 aromatic carbocycles. The summed E-state index contributed by atoms with van der Waals surface area (Å²) >= 11 is 5.79. The maximum Gasteiger partial charge on any atom is 0.322 e. The Hall–Kier alpha value is -3.18. The van der Waals surface area contributed by atoms with Crippen LogP contribution in [0.25, 0.3) is 0 Å². The van der Waals surface area contributed by atoms with Gasteiger partial charge in [-0.3, -0.25) is 19.3 Å². The number of hydrogen-bond acceptors (Lipinski definition) is 5. The fourth-order valence-electron chi connectivity index (χ4n) is 4.05. The summed E-state index contributed by atoms with van der Waals surface area (Å²) in [6.07, 6.45) is 0.458. The number of urea groups is 1. The van der Waals surface area contributed by atoms with E-state index in [1.165, 1.54) is 30.1 Å². The third-order valence-electron chi connectivity index (χ3n) is 5.69. The Morgan fingerprint density at radius 3 is 2.78 bits per heavy atom. The van der Waals surface area contributed by atoms with Crippen molar-refractivity contribution in [3.63, 3.8) is 0 Å². The highest BCUT2D eigenvalue weighted by Crippen LogP contribution is 2.27. The normalized spacial score (nSPS) is 18.0. The Morgan fingerprint density at radius 1 is 1.34 bits per heavy atom. The van der Waals surface area contributed by atoms with Crippen molar-refractivity contribution < 1.29 is 18.8 Å². The highest BCUT2D eigenvalue weighted by Gasteiger charge is 2.37. The van der Waals surface area contributed by atoms with Gasteiger partial charge in [0.15, 0.2) is 0 Å². The number of hydrogen-bond donors (Lipinski definition) is 2. The molecule has 170 valence electrons. The zero-order valence-electron chi connectivity index (χ0n) is 17.6. The molecule has 2 aromatic rings. The number of halogens is 2. The van der Waals surface area contributed by atoms with Crippen LogP contribution in [0.2, 0.25) is 5.02 Å². The molecule has 4 amide bonds. The van der Waals surface area contributed by atoms with Gasteiger partial charge in [0.1, 0.15) is 11.5 Å². The van der Waals surface area contributed by atoms with E-state index in [-0.39, 0.29) is 36.5 Å². The minimum absolute atomic E-state index is 0.0912. The molecule has 2 aliphatic heterocycles. The highest BCUT2D eigenvalue weighted by atomic mass is 35.5. The average Bonchev–Trinajstić information content (AvgIpc) is 3.05. The molecule has 10 nitrogen and oxygen atoms in total. The number of rotatable bonds is 2. The van der Waals surface area contributed by atoms with E-state index in [9.17, 15) is 18.8 Å². The number of nitrogens with one attached hydrogen (secondary N) is 1. The SMILES string of the molecule is CN(N)C(=O)C1CN(C)C(=O)c2c3c(nn2C1)CCN(C(=O)Nc1ccc(F)c(Cl)c1)C3. The predicted molar refractivity (Wildman–Crippen MR) is 114 cm³/mol. The molecule has 0 bridgehead atoms. The van der Waals surface area contributed by atoms with E-state index < -0.39 is 17.8 Å². The third kappa shape index (κ3) is 4.00. The minimum atomic E-state index is -0.574. The van der Waals surface area contributed by atoms with Gasteiger partial charge in [-0.05, 0) is 18.2 Å². The first-order chi connectivity index (χ1) is 15.2. The molecule has 0 aliphatic carbocycles. The number of nitrogens with zero attached hydrogens (tertiary/aromatic N) is 5. The quantitative estimate of drug-likeness (QED) is 0.395. The van der Waals surface area contributed by atoms with Crippen LogP contribution in [0, 0.1) is 11.7 Å². The molecule has 2 aliphatic rings. The summed E-state index contributed by atoms with van der Waals surface area (Å²) in [4.78, 5) is 41.3. The van der Waals surface area contributed by atoms with E-state index in [4.69, 9.17) is 17.4 Å². The molecule has 0 fully saturated rings. The highest BCUT2D eigenvalue weighted by molar-refractivity contribution is 6.31. The molecule has 1 aromatic heterocycles. The number of benzene rings is 1. The van der Waals surface area contributed by atoms with E-state index in [2.05, 4.69) is 10.4 Å². The van der Waals surface area contributed by atoms with E-state index in [0.717, 1.165) is 10.7 Å². The Labute approximate surface area is 188 Å². The number of nitrogens with two attached hydrogens (primary N) is 1. The van der Waals surface area contributed by atoms with Gasteiger partial charge in [-0.25, -0.2) is 15.0 Å². The van der Waals surface area contributed by atoms with E-state index in [1.54, 1.807) is 16.6 Å². The first-order valence-electron chi connectivity index (χ1n) is 10.0. The van der Waals surface area contributed by atoms with Crippen molar-refractivity contribution in [2.75, 3.05) is 32.5 Å². The smallest absolute Gasteiger partial charge is 0.322 e. The van der Waals surface area contributed by atoms with Crippen molar-refractivity contribution in [3.05, 3.63) is 46.0 Å². The van der Waals surface area contributed by atoms with Gasteiger partial charge in [-0.2, -0.15) is 5.10 Å². The topological polar surface area (TPSA) is 117 Å². The molecule has 32 heavy (non-hydrogen) atoms. The Morgan fingerprint density at radius 2 is 2.09 bits per heavy atom. The van der Waals surface area contributed by atoms with Crippen molar-refractivity contribution in [1.82, 2.24) is 24.6 Å². The van der Waals surface area contributed by atoms with Crippen LogP contribution >= 0.6 is 11.6 Å². The van der Waals surface area contributed by atoms with Crippen LogP contribution in [0.5, 0.6) is 0 Å². The second-order valence-corrected chi connectivity index (χ2v) is 8.43. The first kappa shape index (κ1) is 22.0. The van der Waals surface area contributed by atoms with Crippen molar-refractivity contribution in [2.24, 2.45) is 11.8 Å².